The summed E-state index contributed by atoms with van der Waals surface area (Å²) in [5.41, 5.74) is 2.54. The van der Waals surface area contributed by atoms with Gasteiger partial charge in [0.2, 0.25) is 0 Å². The van der Waals surface area contributed by atoms with E-state index >= 15 is 0 Å². The zero-order chi connectivity index (χ0) is 10.1. The van der Waals surface area contributed by atoms with Gasteiger partial charge in [-0.2, -0.15) is 0 Å². The van der Waals surface area contributed by atoms with E-state index in [1.54, 1.807) is 0 Å². The van der Waals surface area contributed by atoms with Crippen LogP contribution >= 0.6 is 0 Å². The van der Waals surface area contributed by atoms with Gasteiger partial charge in [-0.05, 0) is 18.6 Å². The third-order valence-corrected chi connectivity index (χ3v) is 2.84. The normalized spacial score (nSPS) is 21.5. The molecule has 0 aliphatic carbocycles. The average molecular weight is 192 g/mol. The Morgan fingerprint density at radius 1 is 1.57 bits per heavy atom. The van der Waals surface area contributed by atoms with Crippen molar-refractivity contribution in [1.29, 1.82) is 0 Å². The van der Waals surface area contributed by atoms with Gasteiger partial charge in [-0.15, -0.1) is 0 Å². The lowest BCUT2D eigenvalue weighted by Crippen LogP contribution is -2.25. The monoisotopic (exact) mass is 192 g/mol. The smallest absolute Gasteiger partial charge is 0.123 e. The van der Waals surface area contributed by atoms with E-state index in [1.807, 2.05) is 13.0 Å². The lowest BCUT2D eigenvalue weighted by Gasteiger charge is -2.16. The average Bonchev–Trinajstić information content (AvgIpc) is 2.59. The topological polar surface area (TPSA) is 29.5 Å². The third kappa shape index (κ3) is 1.62. The minimum Gasteiger partial charge on any atom is -0.489 e. The summed E-state index contributed by atoms with van der Waals surface area (Å²) in [6, 6.07) is 6.25. The predicted octanol–water partition coefficient (Wildman–Crippen LogP) is 1.93. The Hall–Kier alpha value is -1.02. The summed E-state index contributed by atoms with van der Waals surface area (Å²) in [5.74, 6) is 1.20. The number of aliphatic hydroxyl groups is 1. The summed E-state index contributed by atoms with van der Waals surface area (Å²) in [6.45, 7) is 4.30. The maximum absolute atomic E-state index is 9.05. The van der Waals surface area contributed by atoms with Crippen molar-refractivity contribution in [2.45, 2.75) is 26.4 Å². The van der Waals surface area contributed by atoms with Crippen molar-refractivity contribution >= 4 is 0 Å². The van der Waals surface area contributed by atoms with Gasteiger partial charge in [0.1, 0.15) is 11.9 Å². The molecule has 2 unspecified atom stereocenters. The maximum Gasteiger partial charge on any atom is 0.123 e. The summed E-state index contributed by atoms with van der Waals surface area (Å²) in [5, 5.41) is 9.05. The zero-order valence-corrected chi connectivity index (χ0v) is 8.66. The molecule has 0 aromatic heterocycles. The van der Waals surface area contributed by atoms with E-state index in [0.29, 0.717) is 0 Å². The molecule has 0 radical (unpaired) electrons. The Kier molecular flexibility index (Phi) is 2.46. The number of ether oxygens (including phenoxy) is 1. The van der Waals surface area contributed by atoms with Crippen LogP contribution in [0.25, 0.3) is 0 Å². The Morgan fingerprint density at radius 2 is 2.36 bits per heavy atom. The quantitative estimate of drug-likeness (QED) is 0.775. The second-order valence-electron chi connectivity index (χ2n) is 4.13. The molecule has 76 valence electrons. The molecule has 0 bridgehead atoms. The Balaban J connectivity index is 2.17. The van der Waals surface area contributed by atoms with Crippen LogP contribution in [0.2, 0.25) is 0 Å². The fourth-order valence-electron chi connectivity index (χ4n) is 1.84. The van der Waals surface area contributed by atoms with E-state index in [9.17, 15) is 0 Å². The molecule has 0 amide bonds. The van der Waals surface area contributed by atoms with Gasteiger partial charge in [0.15, 0.2) is 0 Å². The molecular formula is C12H16O2. The number of fused-ring (bicyclic) bond motifs is 1. The summed E-state index contributed by atoms with van der Waals surface area (Å²) >= 11 is 0. The van der Waals surface area contributed by atoms with Gasteiger partial charge in [0, 0.05) is 18.9 Å². The number of hydrogen-bond donors (Lipinski definition) is 1. The Morgan fingerprint density at radius 3 is 3.07 bits per heavy atom. The largest absolute Gasteiger partial charge is 0.489 e. The van der Waals surface area contributed by atoms with E-state index in [-0.39, 0.29) is 18.6 Å². The molecule has 0 saturated carbocycles. The lowest BCUT2D eigenvalue weighted by molar-refractivity contribution is 0.114. The van der Waals surface area contributed by atoms with E-state index in [2.05, 4.69) is 19.1 Å². The molecule has 2 nitrogen and oxygen atoms in total. The standard InChI is InChI=1S/C12H16O2/c1-8-3-4-11-10(5-8)6-12(14-11)9(2)7-13/h3-5,9,12-13H,6-7H2,1-2H3. The lowest BCUT2D eigenvalue weighted by atomic mass is 10.00. The van der Waals surface area contributed by atoms with Crippen LogP contribution in [0.3, 0.4) is 0 Å². The van der Waals surface area contributed by atoms with Gasteiger partial charge in [-0.25, -0.2) is 0 Å². The second-order valence-corrected chi connectivity index (χ2v) is 4.13. The number of rotatable bonds is 2. The van der Waals surface area contributed by atoms with Crippen LogP contribution < -0.4 is 4.74 Å². The highest BCUT2D eigenvalue weighted by Crippen LogP contribution is 2.32. The van der Waals surface area contributed by atoms with Crippen molar-refractivity contribution in [2.75, 3.05) is 6.61 Å². The van der Waals surface area contributed by atoms with Crippen molar-refractivity contribution in [3.05, 3.63) is 29.3 Å². The SMILES string of the molecule is Cc1ccc2c(c1)CC(C(C)CO)O2. The Bertz CT molecular complexity index is 333. The minimum atomic E-state index is 0.150. The molecular weight excluding hydrogens is 176 g/mol. The highest BCUT2D eigenvalue weighted by Gasteiger charge is 2.26. The third-order valence-electron chi connectivity index (χ3n) is 2.84. The van der Waals surface area contributed by atoms with Crippen molar-refractivity contribution in [3.63, 3.8) is 0 Å². The number of hydrogen-bond acceptors (Lipinski definition) is 2. The van der Waals surface area contributed by atoms with Crippen LogP contribution in [0.1, 0.15) is 18.1 Å². The number of aryl methyl sites for hydroxylation is 1. The molecule has 1 aromatic carbocycles. The van der Waals surface area contributed by atoms with Crippen LogP contribution in [0.15, 0.2) is 18.2 Å². The molecule has 1 heterocycles. The van der Waals surface area contributed by atoms with Gasteiger partial charge in [-0.1, -0.05) is 24.6 Å². The molecule has 1 N–H and O–H groups in total. The molecule has 2 atom stereocenters. The minimum absolute atomic E-state index is 0.150. The molecule has 0 fully saturated rings. The van der Waals surface area contributed by atoms with Gasteiger partial charge in [0.05, 0.1) is 0 Å². The fourth-order valence-corrected chi connectivity index (χ4v) is 1.84. The molecule has 2 heteroatoms. The number of aliphatic hydroxyl groups excluding tert-OH is 1. The van der Waals surface area contributed by atoms with Gasteiger partial charge < -0.3 is 9.84 Å². The second kappa shape index (κ2) is 3.62. The fraction of sp³-hybridized carbons (Fsp3) is 0.500. The van der Waals surface area contributed by atoms with Crippen molar-refractivity contribution < 1.29 is 9.84 Å². The molecule has 1 aliphatic heterocycles. The zero-order valence-electron chi connectivity index (χ0n) is 8.66. The summed E-state index contributed by atoms with van der Waals surface area (Å²) in [7, 11) is 0. The van der Waals surface area contributed by atoms with Crippen LogP contribution in [-0.4, -0.2) is 17.8 Å². The summed E-state index contributed by atoms with van der Waals surface area (Å²) in [4.78, 5) is 0. The van der Waals surface area contributed by atoms with Gasteiger partial charge in [-0.3, -0.25) is 0 Å². The molecule has 0 spiro atoms. The maximum atomic E-state index is 9.05. The highest BCUT2D eigenvalue weighted by atomic mass is 16.5. The first-order chi connectivity index (χ1) is 6.70. The van der Waals surface area contributed by atoms with Crippen LogP contribution in [0.5, 0.6) is 5.75 Å². The van der Waals surface area contributed by atoms with Crippen LogP contribution in [-0.2, 0) is 6.42 Å². The highest BCUT2D eigenvalue weighted by molar-refractivity contribution is 5.40. The first-order valence-electron chi connectivity index (χ1n) is 5.07. The van der Waals surface area contributed by atoms with E-state index < -0.39 is 0 Å². The van der Waals surface area contributed by atoms with Crippen LogP contribution in [0.4, 0.5) is 0 Å². The molecule has 2 rings (SSSR count). The van der Waals surface area contributed by atoms with Crippen LogP contribution in [0, 0.1) is 12.8 Å². The van der Waals surface area contributed by atoms with E-state index in [1.165, 1.54) is 11.1 Å². The van der Waals surface area contributed by atoms with Crippen molar-refractivity contribution in [2.24, 2.45) is 5.92 Å². The molecule has 0 saturated heterocycles. The van der Waals surface area contributed by atoms with Crippen molar-refractivity contribution in [3.8, 4) is 5.75 Å². The summed E-state index contributed by atoms with van der Waals surface area (Å²) < 4.78 is 5.75. The molecule has 1 aliphatic rings. The van der Waals surface area contributed by atoms with Gasteiger partial charge in [0.25, 0.3) is 0 Å². The number of benzene rings is 1. The first kappa shape index (κ1) is 9.53. The summed E-state index contributed by atoms with van der Waals surface area (Å²) in [6.07, 6.45) is 1.08. The van der Waals surface area contributed by atoms with E-state index in [4.69, 9.17) is 9.84 Å². The van der Waals surface area contributed by atoms with Gasteiger partial charge >= 0.3 is 0 Å². The first-order valence-corrected chi connectivity index (χ1v) is 5.07. The van der Waals surface area contributed by atoms with Crippen molar-refractivity contribution in [1.82, 2.24) is 0 Å². The predicted molar refractivity (Wildman–Crippen MR) is 55.5 cm³/mol. The molecule has 14 heavy (non-hydrogen) atoms. The van der Waals surface area contributed by atoms with E-state index in [0.717, 1.165) is 12.2 Å². The Labute approximate surface area is 84.5 Å². The molecule has 1 aromatic rings.